The van der Waals surface area contributed by atoms with Crippen molar-refractivity contribution < 1.29 is 0 Å². The zero-order valence-electron chi connectivity index (χ0n) is 8.70. The number of hydrogen-bond donors (Lipinski definition) is 0. The molecule has 0 bridgehead atoms. The van der Waals surface area contributed by atoms with E-state index in [1.54, 1.807) is 23.4 Å². The largest absolute Gasteiger partial charge is 0.326 e. The third-order valence-corrected chi connectivity index (χ3v) is 2.17. The SMILES string of the molecule is CN(c1cccnc1)c1nnccc1C#N. The van der Waals surface area contributed by atoms with Crippen LogP contribution in [0, 0.1) is 11.3 Å². The number of nitriles is 1. The summed E-state index contributed by atoms with van der Waals surface area (Å²) in [7, 11) is 1.82. The van der Waals surface area contributed by atoms with Crippen LogP contribution in [0.2, 0.25) is 0 Å². The summed E-state index contributed by atoms with van der Waals surface area (Å²) >= 11 is 0. The molecule has 2 aromatic heterocycles. The Balaban J connectivity index is 2.42. The van der Waals surface area contributed by atoms with Crippen LogP contribution in [0.15, 0.2) is 36.8 Å². The van der Waals surface area contributed by atoms with Gasteiger partial charge in [0.05, 0.1) is 23.6 Å². The Hall–Kier alpha value is -2.48. The highest BCUT2D eigenvalue weighted by Crippen LogP contribution is 2.22. The number of pyridine rings is 1. The fraction of sp³-hybridized carbons (Fsp3) is 0.0909. The molecule has 0 spiro atoms. The molecule has 0 atom stereocenters. The first-order chi connectivity index (χ1) is 7.83. The normalized spacial score (nSPS) is 9.50. The van der Waals surface area contributed by atoms with E-state index in [4.69, 9.17) is 5.26 Å². The molecule has 5 nitrogen and oxygen atoms in total. The molecule has 2 heterocycles. The first-order valence-electron chi connectivity index (χ1n) is 4.68. The average Bonchev–Trinajstić information content (AvgIpc) is 2.39. The molecule has 0 amide bonds. The Kier molecular flexibility index (Phi) is 2.74. The maximum absolute atomic E-state index is 8.95. The van der Waals surface area contributed by atoms with Gasteiger partial charge in [-0.3, -0.25) is 4.98 Å². The minimum atomic E-state index is 0.487. The third-order valence-electron chi connectivity index (χ3n) is 2.17. The van der Waals surface area contributed by atoms with Crippen LogP contribution >= 0.6 is 0 Å². The highest BCUT2D eigenvalue weighted by atomic mass is 15.2. The fourth-order valence-corrected chi connectivity index (χ4v) is 1.33. The van der Waals surface area contributed by atoms with E-state index in [0.29, 0.717) is 11.4 Å². The Morgan fingerprint density at radius 2 is 2.19 bits per heavy atom. The average molecular weight is 211 g/mol. The van der Waals surface area contributed by atoms with Gasteiger partial charge in [-0.25, -0.2) is 0 Å². The van der Waals surface area contributed by atoms with Crippen molar-refractivity contribution in [3.8, 4) is 6.07 Å². The highest BCUT2D eigenvalue weighted by Gasteiger charge is 2.10. The third kappa shape index (κ3) is 1.81. The molecule has 0 fully saturated rings. The van der Waals surface area contributed by atoms with E-state index in [0.717, 1.165) is 5.69 Å². The Morgan fingerprint density at radius 1 is 1.31 bits per heavy atom. The van der Waals surface area contributed by atoms with Crippen LogP contribution in [0.5, 0.6) is 0 Å². The predicted octanol–water partition coefficient (Wildman–Crippen LogP) is 1.51. The summed E-state index contributed by atoms with van der Waals surface area (Å²) in [5.41, 5.74) is 1.35. The van der Waals surface area contributed by atoms with Crippen molar-refractivity contribution in [1.82, 2.24) is 15.2 Å². The van der Waals surface area contributed by atoms with Crippen LogP contribution in [-0.2, 0) is 0 Å². The monoisotopic (exact) mass is 211 g/mol. The molecule has 0 aromatic carbocycles. The second-order valence-corrected chi connectivity index (χ2v) is 3.15. The van der Waals surface area contributed by atoms with Crippen molar-refractivity contribution in [2.75, 3.05) is 11.9 Å². The maximum Gasteiger partial charge on any atom is 0.173 e. The number of aromatic nitrogens is 3. The van der Waals surface area contributed by atoms with Gasteiger partial charge in [0, 0.05) is 13.2 Å². The first kappa shape index (κ1) is 10.1. The second kappa shape index (κ2) is 4.36. The summed E-state index contributed by atoms with van der Waals surface area (Å²) in [5, 5.41) is 16.7. The molecule has 0 aliphatic rings. The standard InChI is InChI=1S/C11H9N5/c1-16(10-3-2-5-13-8-10)11-9(7-12)4-6-14-15-11/h2-6,8H,1H3. The van der Waals surface area contributed by atoms with E-state index in [2.05, 4.69) is 21.3 Å². The number of anilines is 2. The Morgan fingerprint density at radius 3 is 2.88 bits per heavy atom. The lowest BCUT2D eigenvalue weighted by Gasteiger charge is -2.17. The molecular formula is C11H9N5. The van der Waals surface area contributed by atoms with Gasteiger partial charge in [0.2, 0.25) is 0 Å². The molecule has 16 heavy (non-hydrogen) atoms. The van der Waals surface area contributed by atoms with E-state index in [9.17, 15) is 0 Å². The van der Waals surface area contributed by atoms with Gasteiger partial charge in [0.15, 0.2) is 5.82 Å². The van der Waals surface area contributed by atoms with Crippen molar-refractivity contribution in [1.29, 1.82) is 5.26 Å². The molecule has 2 aromatic rings. The molecule has 5 heteroatoms. The first-order valence-corrected chi connectivity index (χ1v) is 4.68. The van der Waals surface area contributed by atoms with Crippen molar-refractivity contribution >= 4 is 11.5 Å². The zero-order chi connectivity index (χ0) is 11.4. The lowest BCUT2D eigenvalue weighted by atomic mass is 10.3. The van der Waals surface area contributed by atoms with Gasteiger partial charge in [0.1, 0.15) is 6.07 Å². The van der Waals surface area contributed by atoms with Gasteiger partial charge in [-0.05, 0) is 18.2 Å². The van der Waals surface area contributed by atoms with E-state index in [1.807, 2.05) is 19.2 Å². The number of hydrogen-bond acceptors (Lipinski definition) is 5. The summed E-state index contributed by atoms with van der Waals surface area (Å²) in [4.78, 5) is 5.79. The van der Waals surface area contributed by atoms with E-state index in [-0.39, 0.29) is 0 Å². The lowest BCUT2D eigenvalue weighted by Crippen LogP contribution is -2.13. The zero-order valence-corrected chi connectivity index (χ0v) is 8.70. The topological polar surface area (TPSA) is 65.7 Å². The number of nitrogens with zero attached hydrogens (tertiary/aromatic N) is 5. The van der Waals surface area contributed by atoms with Crippen LogP contribution in [0.1, 0.15) is 5.56 Å². The quantitative estimate of drug-likeness (QED) is 0.753. The van der Waals surface area contributed by atoms with Gasteiger partial charge in [-0.2, -0.15) is 10.4 Å². The summed E-state index contributed by atoms with van der Waals surface area (Å²) in [5.74, 6) is 0.526. The molecule has 78 valence electrons. The summed E-state index contributed by atoms with van der Waals surface area (Å²) < 4.78 is 0. The predicted molar refractivity (Wildman–Crippen MR) is 59.0 cm³/mol. The van der Waals surface area contributed by atoms with Gasteiger partial charge in [0.25, 0.3) is 0 Å². The van der Waals surface area contributed by atoms with Crippen molar-refractivity contribution in [3.63, 3.8) is 0 Å². The van der Waals surface area contributed by atoms with Crippen LogP contribution in [-0.4, -0.2) is 22.2 Å². The second-order valence-electron chi connectivity index (χ2n) is 3.15. The molecule has 0 saturated heterocycles. The van der Waals surface area contributed by atoms with Crippen molar-refractivity contribution in [3.05, 3.63) is 42.4 Å². The van der Waals surface area contributed by atoms with E-state index in [1.165, 1.54) is 6.20 Å². The molecular weight excluding hydrogens is 202 g/mol. The fourth-order valence-electron chi connectivity index (χ4n) is 1.33. The Labute approximate surface area is 93.0 Å². The van der Waals surface area contributed by atoms with Crippen LogP contribution in [0.4, 0.5) is 11.5 Å². The molecule has 0 unspecified atom stereocenters. The van der Waals surface area contributed by atoms with Gasteiger partial charge >= 0.3 is 0 Å². The summed E-state index contributed by atoms with van der Waals surface area (Å²) in [6.07, 6.45) is 4.90. The van der Waals surface area contributed by atoms with E-state index >= 15 is 0 Å². The minimum absolute atomic E-state index is 0.487. The molecule has 2 rings (SSSR count). The smallest absolute Gasteiger partial charge is 0.173 e. The maximum atomic E-state index is 8.95. The van der Waals surface area contributed by atoms with Gasteiger partial charge in [-0.1, -0.05) is 0 Å². The van der Waals surface area contributed by atoms with E-state index < -0.39 is 0 Å². The van der Waals surface area contributed by atoms with Crippen LogP contribution < -0.4 is 4.90 Å². The van der Waals surface area contributed by atoms with Crippen molar-refractivity contribution in [2.24, 2.45) is 0 Å². The van der Waals surface area contributed by atoms with Gasteiger partial charge < -0.3 is 4.90 Å². The van der Waals surface area contributed by atoms with Crippen LogP contribution in [0.25, 0.3) is 0 Å². The van der Waals surface area contributed by atoms with Crippen LogP contribution in [0.3, 0.4) is 0 Å². The lowest BCUT2D eigenvalue weighted by molar-refractivity contribution is 0.978. The molecule has 0 aliphatic heterocycles. The van der Waals surface area contributed by atoms with Gasteiger partial charge in [-0.15, -0.1) is 5.10 Å². The molecule has 0 N–H and O–H groups in total. The number of rotatable bonds is 2. The molecule has 0 radical (unpaired) electrons. The minimum Gasteiger partial charge on any atom is -0.326 e. The van der Waals surface area contributed by atoms with Crippen molar-refractivity contribution in [2.45, 2.75) is 0 Å². The summed E-state index contributed by atoms with van der Waals surface area (Å²) in [6.45, 7) is 0. The Bertz CT molecular complexity index is 517. The molecule has 0 aliphatic carbocycles. The highest BCUT2D eigenvalue weighted by molar-refractivity contribution is 5.63. The summed E-state index contributed by atoms with van der Waals surface area (Å²) in [6, 6.07) is 7.44. The molecule has 0 saturated carbocycles.